The van der Waals surface area contributed by atoms with E-state index in [1.165, 1.54) is 25.7 Å². The fourth-order valence-corrected chi connectivity index (χ4v) is 4.09. The molecule has 0 spiro atoms. The third-order valence-electron chi connectivity index (χ3n) is 5.15. The van der Waals surface area contributed by atoms with Crippen molar-refractivity contribution in [1.29, 1.82) is 0 Å². The molecule has 3 aliphatic rings. The molecule has 4 rings (SSSR count). The molecule has 1 heterocycles. The first-order valence-corrected chi connectivity index (χ1v) is 7.44. The van der Waals surface area contributed by atoms with E-state index in [0.717, 1.165) is 41.4 Å². The summed E-state index contributed by atoms with van der Waals surface area (Å²) in [5, 5.41) is 0. The van der Waals surface area contributed by atoms with E-state index >= 15 is 0 Å². The Kier molecular flexibility index (Phi) is 2.69. The van der Waals surface area contributed by atoms with Crippen LogP contribution in [-0.2, 0) is 0 Å². The molecule has 3 nitrogen and oxygen atoms in total. The van der Waals surface area contributed by atoms with Crippen molar-refractivity contribution in [1.82, 2.24) is 0 Å². The molecule has 19 heavy (non-hydrogen) atoms. The van der Waals surface area contributed by atoms with E-state index in [1.54, 1.807) is 0 Å². The van der Waals surface area contributed by atoms with Gasteiger partial charge in [-0.15, -0.1) is 0 Å². The van der Waals surface area contributed by atoms with Gasteiger partial charge in [0.05, 0.1) is 12.6 Å². The maximum absolute atomic E-state index is 5.98. The maximum Gasteiger partial charge on any atom is 0.127 e. The lowest BCUT2D eigenvalue weighted by Crippen LogP contribution is -2.18. The van der Waals surface area contributed by atoms with E-state index in [0.29, 0.717) is 6.61 Å². The van der Waals surface area contributed by atoms with Crippen LogP contribution in [0.1, 0.15) is 37.3 Å². The van der Waals surface area contributed by atoms with Crippen LogP contribution in [0.2, 0.25) is 0 Å². The van der Waals surface area contributed by atoms with Gasteiger partial charge in [-0.2, -0.15) is 0 Å². The van der Waals surface area contributed by atoms with Crippen LogP contribution in [0.3, 0.4) is 0 Å². The lowest BCUT2D eigenvalue weighted by Gasteiger charge is -2.21. The Hall–Kier alpha value is -1.22. The van der Waals surface area contributed by atoms with Crippen LogP contribution in [0.15, 0.2) is 18.2 Å². The minimum atomic E-state index is 0.0228. The van der Waals surface area contributed by atoms with Gasteiger partial charge in [-0.1, -0.05) is 6.42 Å². The Bertz CT molecular complexity index is 488. The molecular weight excluding hydrogens is 238 g/mol. The van der Waals surface area contributed by atoms with Crippen molar-refractivity contribution >= 4 is 0 Å². The normalized spacial score (nSPS) is 35.2. The number of benzene rings is 1. The molecule has 4 atom stereocenters. The summed E-state index contributed by atoms with van der Waals surface area (Å²) in [5.41, 5.74) is 7.05. The van der Waals surface area contributed by atoms with Crippen LogP contribution in [0.4, 0.5) is 0 Å². The third-order valence-corrected chi connectivity index (χ3v) is 5.15. The summed E-state index contributed by atoms with van der Waals surface area (Å²) < 4.78 is 11.5. The largest absolute Gasteiger partial charge is 0.493 e. The summed E-state index contributed by atoms with van der Waals surface area (Å²) >= 11 is 0. The minimum absolute atomic E-state index is 0.0228. The number of hydrogen-bond acceptors (Lipinski definition) is 3. The van der Waals surface area contributed by atoms with Crippen molar-refractivity contribution in [3.63, 3.8) is 0 Å². The van der Waals surface area contributed by atoms with Crippen LogP contribution >= 0.6 is 0 Å². The first-order valence-electron chi connectivity index (χ1n) is 7.44. The van der Waals surface area contributed by atoms with E-state index in [9.17, 15) is 0 Å². The second-order valence-electron chi connectivity index (χ2n) is 6.36. The van der Waals surface area contributed by atoms with Crippen LogP contribution in [0.25, 0.3) is 0 Å². The van der Waals surface area contributed by atoms with Crippen LogP contribution < -0.4 is 15.2 Å². The van der Waals surface area contributed by atoms with Crippen LogP contribution in [-0.4, -0.2) is 13.2 Å². The first-order chi connectivity index (χ1) is 9.29. The van der Waals surface area contributed by atoms with Crippen LogP contribution in [0.5, 0.6) is 11.5 Å². The molecule has 2 aliphatic carbocycles. The molecule has 1 aliphatic heterocycles. The van der Waals surface area contributed by atoms with Gasteiger partial charge in [0.2, 0.25) is 0 Å². The van der Waals surface area contributed by atoms with Gasteiger partial charge in [0, 0.05) is 11.6 Å². The highest BCUT2D eigenvalue weighted by Gasteiger charge is 2.39. The molecule has 2 fully saturated rings. The predicted molar refractivity (Wildman–Crippen MR) is 73.3 cm³/mol. The molecule has 0 saturated heterocycles. The zero-order valence-corrected chi connectivity index (χ0v) is 11.2. The van der Waals surface area contributed by atoms with Crippen molar-refractivity contribution < 1.29 is 9.47 Å². The van der Waals surface area contributed by atoms with E-state index in [2.05, 4.69) is 0 Å². The second-order valence-corrected chi connectivity index (χ2v) is 6.36. The Balaban J connectivity index is 1.41. The van der Waals surface area contributed by atoms with Gasteiger partial charge in [-0.3, -0.25) is 0 Å². The molecule has 0 radical (unpaired) electrons. The quantitative estimate of drug-likeness (QED) is 0.907. The average Bonchev–Trinajstić information content (AvgIpc) is 3.12. The molecule has 0 aromatic heterocycles. The number of rotatable bonds is 3. The van der Waals surface area contributed by atoms with Crippen LogP contribution in [0, 0.1) is 17.8 Å². The van der Waals surface area contributed by atoms with E-state index in [4.69, 9.17) is 15.2 Å². The zero-order valence-electron chi connectivity index (χ0n) is 11.2. The molecular formula is C16H21NO2. The topological polar surface area (TPSA) is 44.5 Å². The van der Waals surface area contributed by atoms with Gasteiger partial charge in [0.25, 0.3) is 0 Å². The van der Waals surface area contributed by atoms with Gasteiger partial charge >= 0.3 is 0 Å². The molecule has 1 aromatic rings. The van der Waals surface area contributed by atoms with E-state index in [1.807, 2.05) is 18.2 Å². The molecule has 3 heteroatoms. The summed E-state index contributed by atoms with van der Waals surface area (Å²) in [5.74, 6) is 4.51. The smallest absolute Gasteiger partial charge is 0.127 e. The summed E-state index contributed by atoms with van der Waals surface area (Å²) in [7, 11) is 0. The van der Waals surface area contributed by atoms with Crippen molar-refractivity contribution in [2.45, 2.75) is 31.7 Å². The Labute approximate surface area is 114 Å². The highest BCUT2D eigenvalue weighted by atomic mass is 16.5. The molecule has 0 amide bonds. The first kappa shape index (κ1) is 11.6. The molecule has 1 aromatic carbocycles. The van der Waals surface area contributed by atoms with Crippen molar-refractivity contribution in [2.75, 3.05) is 13.2 Å². The zero-order chi connectivity index (χ0) is 12.8. The summed E-state index contributed by atoms with van der Waals surface area (Å²) in [6.45, 7) is 1.46. The van der Waals surface area contributed by atoms with Gasteiger partial charge in [-0.25, -0.2) is 0 Å². The lowest BCUT2D eigenvalue weighted by molar-refractivity contribution is 0.194. The van der Waals surface area contributed by atoms with E-state index < -0.39 is 0 Å². The van der Waals surface area contributed by atoms with Crippen molar-refractivity contribution in [3.05, 3.63) is 23.8 Å². The van der Waals surface area contributed by atoms with Crippen molar-refractivity contribution in [2.24, 2.45) is 23.5 Å². The fourth-order valence-electron chi connectivity index (χ4n) is 4.09. The molecule has 4 unspecified atom stereocenters. The Morgan fingerprint density at radius 2 is 2.21 bits per heavy atom. The van der Waals surface area contributed by atoms with Gasteiger partial charge < -0.3 is 15.2 Å². The number of ether oxygens (including phenoxy) is 2. The predicted octanol–water partition coefficient (Wildman–Crippen LogP) is 2.89. The number of nitrogens with two attached hydrogens (primary N) is 1. The van der Waals surface area contributed by atoms with Gasteiger partial charge in [0.1, 0.15) is 18.1 Å². The molecule has 2 bridgehead atoms. The number of fused-ring (bicyclic) bond motifs is 3. The minimum Gasteiger partial charge on any atom is -0.493 e. The summed E-state index contributed by atoms with van der Waals surface area (Å²) in [4.78, 5) is 0. The van der Waals surface area contributed by atoms with Gasteiger partial charge in [0.15, 0.2) is 0 Å². The van der Waals surface area contributed by atoms with Gasteiger partial charge in [-0.05, 0) is 49.1 Å². The number of hydrogen-bond donors (Lipinski definition) is 1. The standard InChI is InChI=1S/C16H21NO2/c17-15-9-19-16-7-13(3-4-14(15)16)18-8-12-6-10-1-2-11(12)5-10/h3-4,7,10-12,15H,1-2,5-6,8-9,17H2. The SMILES string of the molecule is NC1COc2cc(OCC3CC4CCC3C4)ccc21. The third kappa shape index (κ3) is 2.00. The highest BCUT2D eigenvalue weighted by molar-refractivity contribution is 5.44. The fraction of sp³-hybridized carbons (Fsp3) is 0.625. The molecule has 102 valence electrons. The van der Waals surface area contributed by atoms with E-state index in [-0.39, 0.29) is 6.04 Å². The average molecular weight is 259 g/mol. The lowest BCUT2D eigenvalue weighted by atomic mass is 9.89. The molecule has 2 N–H and O–H groups in total. The second kappa shape index (κ2) is 4.41. The van der Waals surface area contributed by atoms with Crippen molar-refractivity contribution in [3.8, 4) is 11.5 Å². The summed E-state index contributed by atoms with van der Waals surface area (Å²) in [6, 6.07) is 6.09. The monoisotopic (exact) mass is 259 g/mol. The Morgan fingerprint density at radius 1 is 1.26 bits per heavy atom. The highest BCUT2D eigenvalue weighted by Crippen LogP contribution is 2.48. The molecule has 2 saturated carbocycles. The Morgan fingerprint density at radius 3 is 3.00 bits per heavy atom. The summed E-state index contributed by atoms with van der Waals surface area (Å²) in [6.07, 6.45) is 5.68. The maximum atomic E-state index is 5.98.